The molecule has 1 aromatic rings. The Hall–Kier alpha value is -1.38. The number of hydrogen-bond acceptors (Lipinski definition) is 4. The first-order chi connectivity index (χ1) is 9.95. The van der Waals surface area contributed by atoms with Crippen LogP contribution in [0.5, 0.6) is 0 Å². The van der Waals surface area contributed by atoms with Crippen LogP contribution < -0.4 is 10.5 Å². The van der Waals surface area contributed by atoms with Crippen LogP contribution in [0.25, 0.3) is 0 Å². The molecule has 2 heterocycles. The SMILES string of the molecule is NS(=O)(=O)c1cc(C(=O)NCC2CCCO2)n(C2CC2)c1. The second kappa shape index (κ2) is 5.43. The van der Waals surface area contributed by atoms with Crippen molar-refractivity contribution in [2.45, 2.75) is 42.7 Å². The van der Waals surface area contributed by atoms with Crippen LogP contribution in [-0.2, 0) is 14.8 Å². The molecule has 8 heteroatoms. The van der Waals surface area contributed by atoms with E-state index in [4.69, 9.17) is 9.88 Å². The van der Waals surface area contributed by atoms with Crippen molar-refractivity contribution in [3.05, 3.63) is 18.0 Å². The molecule has 1 aromatic heterocycles. The summed E-state index contributed by atoms with van der Waals surface area (Å²) in [5.74, 6) is -0.285. The molecule has 2 fully saturated rings. The van der Waals surface area contributed by atoms with Crippen molar-refractivity contribution >= 4 is 15.9 Å². The molecule has 1 saturated heterocycles. The lowest BCUT2D eigenvalue weighted by Crippen LogP contribution is -2.32. The number of primary sulfonamides is 1. The molecule has 116 valence electrons. The Balaban J connectivity index is 1.76. The van der Waals surface area contributed by atoms with Crippen LogP contribution in [0, 0.1) is 0 Å². The van der Waals surface area contributed by atoms with Gasteiger partial charge in [0.1, 0.15) is 10.6 Å². The summed E-state index contributed by atoms with van der Waals surface area (Å²) in [5.41, 5.74) is 0.347. The summed E-state index contributed by atoms with van der Waals surface area (Å²) < 4.78 is 30.1. The smallest absolute Gasteiger partial charge is 0.268 e. The van der Waals surface area contributed by atoms with Crippen molar-refractivity contribution in [1.82, 2.24) is 9.88 Å². The number of hydrogen-bond donors (Lipinski definition) is 2. The van der Waals surface area contributed by atoms with Gasteiger partial charge in [0, 0.05) is 25.4 Å². The summed E-state index contributed by atoms with van der Waals surface area (Å²) in [6.07, 6.45) is 5.35. The third-order valence-corrected chi connectivity index (χ3v) is 4.72. The number of sulfonamides is 1. The summed E-state index contributed by atoms with van der Waals surface area (Å²) in [6.45, 7) is 1.17. The van der Waals surface area contributed by atoms with Crippen LogP contribution in [0.1, 0.15) is 42.2 Å². The van der Waals surface area contributed by atoms with Crippen LogP contribution in [0.2, 0.25) is 0 Å². The highest BCUT2D eigenvalue weighted by atomic mass is 32.2. The summed E-state index contributed by atoms with van der Waals surface area (Å²) >= 11 is 0. The number of nitrogens with one attached hydrogen (secondary N) is 1. The zero-order chi connectivity index (χ0) is 15.0. The van der Waals surface area contributed by atoms with E-state index in [0.29, 0.717) is 12.2 Å². The fraction of sp³-hybridized carbons (Fsp3) is 0.615. The third kappa shape index (κ3) is 3.28. The van der Waals surface area contributed by atoms with E-state index >= 15 is 0 Å². The Morgan fingerprint density at radius 2 is 2.19 bits per heavy atom. The first-order valence-electron chi connectivity index (χ1n) is 7.09. The van der Waals surface area contributed by atoms with Gasteiger partial charge in [0.2, 0.25) is 10.0 Å². The van der Waals surface area contributed by atoms with E-state index in [1.165, 1.54) is 12.3 Å². The highest BCUT2D eigenvalue weighted by Crippen LogP contribution is 2.37. The van der Waals surface area contributed by atoms with Gasteiger partial charge in [-0.2, -0.15) is 0 Å². The number of aromatic nitrogens is 1. The molecule has 0 spiro atoms. The third-order valence-electron chi connectivity index (χ3n) is 3.84. The Morgan fingerprint density at radius 3 is 2.76 bits per heavy atom. The molecule has 1 atom stereocenters. The molecule has 3 rings (SSSR count). The second-order valence-corrected chi connectivity index (χ2v) is 7.15. The minimum absolute atomic E-state index is 0.0170. The van der Waals surface area contributed by atoms with E-state index in [1.807, 2.05) is 0 Å². The summed E-state index contributed by atoms with van der Waals surface area (Å²) in [5, 5.41) is 7.95. The van der Waals surface area contributed by atoms with Crippen LogP contribution >= 0.6 is 0 Å². The number of rotatable bonds is 5. The summed E-state index contributed by atoms with van der Waals surface area (Å²) in [7, 11) is -3.80. The summed E-state index contributed by atoms with van der Waals surface area (Å²) in [6, 6.07) is 1.54. The van der Waals surface area contributed by atoms with Crippen molar-refractivity contribution in [3.63, 3.8) is 0 Å². The maximum absolute atomic E-state index is 12.3. The van der Waals surface area contributed by atoms with Crippen molar-refractivity contribution in [2.75, 3.05) is 13.2 Å². The van der Waals surface area contributed by atoms with Gasteiger partial charge in [0.15, 0.2) is 0 Å². The molecule has 2 aliphatic rings. The Labute approximate surface area is 123 Å². The van der Waals surface area contributed by atoms with Gasteiger partial charge < -0.3 is 14.6 Å². The number of ether oxygens (including phenoxy) is 1. The Morgan fingerprint density at radius 1 is 1.43 bits per heavy atom. The predicted molar refractivity (Wildman–Crippen MR) is 75.4 cm³/mol. The number of nitrogens with two attached hydrogens (primary N) is 1. The quantitative estimate of drug-likeness (QED) is 0.820. The van der Waals surface area contributed by atoms with E-state index < -0.39 is 10.0 Å². The number of nitrogens with zero attached hydrogens (tertiary/aromatic N) is 1. The maximum Gasteiger partial charge on any atom is 0.268 e. The Kier molecular flexibility index (Phi) is 3.76. The predicted octanol–water partition coefficient (Wildman–Crippen LogP) is 0.379. The Bertz CT molecular complexity index is 642. The first kappa shape index (κ1) is 14.6. The van der Waals surface area contributed by atoms with E-state index in [0.717, 1.165) is 32.3 Å². The molecular weight excluding hydrogens is 294 g/mol. The average Bonchev–Trinajstić information content (AvgIpc) is 2.96. The number of amides is 1. The van der Waals surface area contributed by atoms with Gasteiger partial charge in [-0.1, -0.05) is 0 Å². The lowest BCUT2D eigenvalue weighted by atomic mass is 10.2. The molecule has 1 unspecified atom stereocenters. The standard InChI is InChI=1S/C13H19N3O4S/c14-21(18,19)11-6-12(16(8-11)9-3-4-9)13(17)15-7-10-2-1-5-20-10/h6,8-10H,1-5,7H2,(H,15,17)(H2,14,18,19). The molecule has 3 N–H and O–H groups in total. The lowest BCUT2D eigenvalue weighted by Gasteiger charge is -2.12. The summed E-state index contributed by atoms with van der Waals surface area (Å²) in [4.78, 5) is 12.3. The first-order valence-corrected chi connectivity index (χ1v) is 8.64. The van der Waals surface area contributed by atoms with Crippen molar-refractivity contribution in [3.8, 4) is 0 Å². The van der Waals surface area contributed by atoms with Gasteiger partial charge in [-0.3, -0.25) is 4.79 Å². The minimum atomic E-state index is -3.80. The van der Waals surface area contributed by atoms with E-state index in [1.54, 1.807) is 4.57 Å². The van der Waals surface area contributed by atoms with Crippen molar-refractivity contribution < 1.29 is 17.9 Å². The molecule has 1 amide bonds. The number of carbonyl (C=O) groups excluding carboxylic acids is 1. The lowest BCUT2D eigenvalue weighted by molar-refractivity contribution is 0.0850. The normalized spacial score (nSPS) is 22.4. The fourth-order valence-electron chi connectivity index (χ4n) is 2.55. The largest absolute Gasteiger partial charge is 0.376 e. The molecule has 21 heavy (non-hydrogen) atoms. The molecule has 0 bridgehead atoms. The average molecular weight is 313 g/mol. The van der Waals surface area contributed by atoms with Gasteiger partial charge in [-0.25, -0.2) is 13.6 Å². The van der Waals surface area contributed by atoms with Crippen LogP contribution in [0.3, 0.4) is 0 Å². The monoisotopic (exact) mass is 313 g/mol. The number of carbonyl (C=O) groups is 1. The van der Waals surface area contributed by atoms with Crippen molar-refractivity contribution in [1.29, 1.82) is 0 Å². The van der Waals surface area contributed by atoms with Gasteiger partial charge in [-0.15, -0.1) is 0 Å². The highest BCUT2D eigenvalue weighted by molar-refractivity contribution is 7.89. The molecule has 1 aliphatic heterocycles. The van der Waals surface area contributed by atoms with Crippen molar-refractivity contribution in [2.24, 2.45) is 5.14 Å². The molecule has 7 nitrogen and oxygen atoms in total. The molecule has 1 saturated carbocycles. The van der Waals surface area contributed by atoms with Gasteiger partial charge in [0.25, 0.3) is 5.91 Å². The zero-order valence-corrected chi connectivity index (χ0v) is 12.4. The van der Waals surface area contributed by atoms with Crippen LogP contribution in [0.4, 0.5) is 0 Å². The van der Waals surface area contributed by atoms with Gasteiger partial charge in [0.05, 0.1) is 6.10 Å². The topological polar surface area (TPSA) is 103 Å². The fourth-order valence-corrected chi connectivity index (χ4v) is 3.09. The zero-order valence-electron chi connectivity index (χ0n) is 11.6. The van der Waals surface area contributed by atoms with Crippen LogP contribution in [0.15, 0.2) is 17.2 Å². The molecule has 0 aromatic carbocycles. The van der Waals surface area contributed by atoms with E-state index in [2.05, 4.69) is 5.32 Å². The van der Waals surface area contributed by atoms with E-state index in [9.17, 15) is 13.2 Å². The maximum atomic E-state index is 12.3. The van der Waals surface area contributed by atoms with Gasteiger partial charge >= 0.3 is 0 Å². The van der Waals surface area contributed by atoms with E-state index in [-0.39, 0.29) is 22.9 Å². The molecule has 1 aliphatic carbocycles. The highest BCUT2D eigenvalue weighted by Gasteiger charge is 2.30. The molecular formula is C13H19N3O4S. The van der Waals surface area contributed by atoms with Gasteiger partial charge in [-0.05, 0) is 31.7 Å². The minimum Gasteiger partial charge on any atom is -0.376 e. The molecule has 0 radical (unpaired) electrons. The second-order valence-electron chi connectivity index (χ2n) is 5.59. The van der Waals surface area contributed by atoms with Crippen LogP contribution in [-0.4, -0.2) is 38.1 Å².